The van der Waals surface area contributed by atoms with Crippen LogP contribution in [0.3, 0.4) is 0 Å². The van der Waals surface area contributed by atoms with Crippen molar-refractivity contribution in [2.45, 2.75) is 31.2 Å². The van der Waals surface area contributed by atoms with Gasteiger partial charge in [-0.05, 0) is 18.6 Å². The van der Waals surface area contributed by atoms with E-state index in [1.807, 2.05) is 6.92 Å². The molecule has 7 heteroatoms. The smallest absolute Gasteiger partial charge is 0.328 e. The van der Waals surface area contributed by atoms with Gasteiger partial charge >= 0.3 is 5.97 Å². The van der Waals surface area contributed by atoms with Gasteiger partial charge in [0.2, 0.25) is 10.0 Å². The zero-order valence-electron chi connectivity index (χ0n) is 11.8. The summed E-state index contributed by atoms with van der Waals surface area (Å²) in [5.74, 6) is -0.428. The van der Waals surface area contributed by atoms with E-state index in [1.165, 1.54) is 13.2 Å². The van der Waals surface area contributed by atoms with E-state index >= 15 is 0 Å². The monoisotopic (exact) mass is 300 g/mol. The van der Waals surface area contributed by atoms with Crippen LogP contribution < -0.4 is 10.0 Å². The number of carbonyl (C=O) groups is 1. The fourth-order valence-electron chi connectivity index (χ4n) is 1.75. The highest BCUT2D eigenvalue weighted by Gasteiger charge is 2.22. The lowest BCUT2D eigenvalue weighted by molar-refractivity contribution is -0.141. The molecule has 6 nitrogen and oxygen atoms in total. The normalized spacial score (nSPS) is 12.8. The van der Waals surface area contributed by atoms with Crippen molar-refractivity contribution >= 4 is 21.7 Å². The Morgan fingerprint density at radius 1 is 1.30 bits per heavy atom. The van der Waals surface area contributed by atoms with Crippen LogP contribution in [0.1, 0.15) is 20.3 Å². The first-order chi connectivity index (χ1) is 9.46. The zero-order valence-corrected chi connectivity index (χ0v) is 12.7. The minimum atomic E-state index is -3.59. The summed E-state index contributed by atoms with van der Waals surface area (Å²) in [5, 5.41) is 2.92. The van der Waals surface area contributed by atoms with Crippen LogP contribution >= 0.6 is 0 Å². The van der Waals surface area contributed by atoms with Crippen LogP contribution in [0.2, 0.25) is 0 Å². The lowest BCUT2D eigenvalue weighted by atomic mass is 10.2. The van der Waals surface area contributed by atoms with Gasteiger partial charge in [-0.25, -0.2) is 17.9 Å². The third kappa shape index (κ3) is 3.94. The van der Waals surface area contributed by atoms with Gasteiger partial charge in [-0.1, -0.05) is 26.0 Å². The number of carbonyl (C=O) groups excluding carboxylic acids is 1. The number of sulfonamides is 1. The van der Waals surface area contributed by atoms with Crippen LogP contribution in [-0.4, -0.2) is 34.1 Å². The molecule has 0 aliphatic carbocycles. The van der Waals surface area contributed by atoms with Crippen molar-refractivity contribution in [3.05, 3.63) is 24.3 Å². The Balaban J connectivity index is 3.11. The molecule has 0 spiro atoms. The summed E-state index contributed by atoms with van der Waals surface area (Å²) in [6.45, 7) is 3.82. The highest BCUT2D eigenvalue weighted by Crippen LogP contribution is 2.22. The molecule has 0 bridgehead atoms. The molecule has 1 atom stereocenters. The van der Waals surface area contributed by atoms with Crippen molar-refractivity contribution in [1.29, 1.82) is 0 Å². The lowest BCUT2D eigenvalue weighted by Crippen LogP contribution is -2.31. The molecule has 1 aromatic carbocycles. The molecule has 0 amide bonds. The number of benzene rings is 1. The van der Waals surface area contributed by atoms with E-state index < -0.39 is 22.0 Å². The van der Waals surface area contributed by atoms with Crippen LogP contribution in [0, 0.1) is 0 Å². The lowest BCUT2D eigenvalue weighted by Gasteiger charge is -2.18. The Bertz CT molecular complexity index is 557. The maximum Gasteiger partial charge on any atom is 0.328 e. The summed E-state index contributed by atoms with van der Waals surface area (Å²) in [4.78, 5) is 11.7. The molecule has 0 aromatic heterocycles. The summed E-state index contributed by atoms with van der Waals surface area (Å²) in [6, 6.07) is 5.87. The molecule has 0 aliphatic heterocycles. The third-order valence-corrected chi connectivity index (χ3v) is 4.34. The molecule has 0 radical (unpaired) electrons. The van der Waals surface area contributed by atoms with Gasteiger partial charge in [-0.2, -0.15) is 0 Å². The molecule has 0 saturated heterocycles. The first kappa shape index (κ1) is 16.5. The number of rotatable bonds is 7. The Kier molecular flexibility index (Phi) is 5.97. The van der Waals surface area contributed by atoms with E-state index in [1.54, 1.807) is 25.1 Å². The molecule has 0 saturated carbocycles. The average Bonchev–Trinajstić information content (AvgIpc) is 2.44. The maximum atomic E-state index is 12.1. The standard InChI is InChI=1S/C13H20N2O4S/c1-4-10(13(16)19-3)15-11-8-6-7-9-12(11)20(17,18)14-5-2/h6-10,14-15H,4-5H2,1-3H3. The zero-order chi connectivity index (χ0) is 15.2. The average molecular weight is 300 g/mol. The Labute approximate surface area is 119 Å². The number of methoxy groups -OCH3 is 1. The van der Waals surface area contributed by atoms with Gasteiger partial charge in [0.25, 0.3) is 0 Å². The fourth-order valence-corrected chi connectivity index (χ4v) is 2.96. The van der Waals surface area contributed by atoms with Crippen molar-refractivity contribution in [1.82, 2.24) is 4.72 Å². The van der Waals surface area contributed by atoms with Gasteiger partial charge in [0.15, 0.2) is 0 Å². The van der Waals surface area contributed by atoms with Crippen molar-refractivity contribution in [2.24, 2.45) is 0 Å². The summed E-state index contributed by atoms with van der Waals surface area (Å²) < 4.78 is 31.3. The molecule has 1 aromatic rings. The summed E-state index contributed by atoms with van der Waals surface area (Å²) in [5.41, 5.74) is 0.380. The summed E-state index contributed by atoms with van der Waals surface area (Å²) >= 11 is 0. The van der Waals surface area contributed by atoms with Crippen LogP contribution in [0.25, 0.3) is 0 Å². The predicted molar refractivity (Wildman–Crippen MR) is 77.0 cm³/mol. The minimum absolute atomic E-state index is 0.115. The van der Waals surface area contributed by atoms with E-state index in [4.69, 9.17) is 0 Å². The second kappa shape index (κ2) is 7.25. The molecule has 112 valence electrons. The molecule has 2 N–H and O–H groups in total. The first-order valence-electron chi connectivity index (χ1n) is 6.39. The van der Waals surface area contributed by atoms with E-state index in [0.29, 0.717) is 18.7 Å². The molecule has 0 fully saturated rings. The van der Waals surface area contributed by atoms with Gasteiger partial charge < -0.3 is 10.1 Å². The number of hydrogen-bond acceptors (Lipinski definition) is 5. The van der Waals surface area contributed by atoms with Crippen molar-refractivity contribution in [3.8, 4) is 0 Å². The number of para-hydroxylation sites is 1. The largest absolute Gasteiger partial charge is 0.467 e. The topological polar surface area (TPSA) is 84.5 Å². The molecule has 1 rings (SSSR count). The van der Waals surface area contributed by atoms with Gasteiger partial charge in [-0.15, -0.1) is 0 Å². The van der Waals surface area contributed by atoms with E-state index in [0.717, 1.165) is 0 Å². The van der Waals surface area contributed by atoms with Crippen molar-refractivity contribution in [2.75, 3.05) is 19.0 Å². The van der Waals surface area contributed by atoms with Crippen LogP contribution in [0.15, 0.2) is 29.2 Å². The van der Waals surface area contributed by atoms with Crippen molar-refractivity contribution < 1.29 is 17.9 Å². The molecule has 1 unspecified atom stereocenters. The number of hydrogen-bond donors (Lipinski definition) is 2. The second-order valence-corrected chi connectivity index (χ2v) is 5.86. The second-order valence-electron chi connectivity index (χ2n) is 4.13. The van der Waals surface area contributed by atoms with Crippen LogP contribution in [-0.2, 0) is 19.6 Å². The Morgan fingerprint density at radius 3 is 2.50 bits per heavy atom. The van der Waals surface area contributed by atoms with Crippen LogP contribution in [0.4, 0.5) is 5.69 Å². The summed E-state index contributed by atoms with van der Waals surface area (Å²) in [7, 11) is -2.29. The van der Waals surface area contributed by atoms with Crippen molar-refractivity contribution in [3.63, 3.8) is 0 Å². The molecule has 20 heavy (non-hydrogen) atoms. The Morgan fingerprint density at radius 2 is 1.95 bits per heavy atom. The SMILES string of the molecule is CCNS(=O)(=O)c1ccccc1NC(CC)C(=O)OC. The van der Waals surface area contributed by atoms with E-state index in [2.05, 4.69) is 14.8 Å². The third-order valence-electron chi connectivity index (χ3n) is 2.73. The quantitative estimate of drug-likeness (QED) is 0.743. The van der Waals surface area contributed by atoms with Crippen LogP contribution in [0.5, 0.6) is 0 Å². The minimum Gasteiger partial charge on any atom is -0.467 e. The van der Waals surface area contributed by atoms with Gasteiger partial charge in [-0.3, -0.25) is 0 Å². The van der Waals surface area contributed by atoms with E-state index in [-0.39, 0.29) is 4.90 Å². The summed E-state index contributed by atoms with van der Waals surface area (Å²) in [6.07, 6.45) is 0.488. The number of ether oxygens (including phenoxy) is 1. The predicted octanol–water partition coefficient (Wildman–Crippen LogP) is 1.35. The first-order valence-corrected chi connectivity index (χ1v) is 7.87. The highest BCUT2D eigenvalue weighted by molar-refractivity contribution is 7.89. The number of nitrogens with one attached hydrogen (secondary N) is 2. The van der Waals surface area contributed by atoms with Gasteiger partial charge in [0.1, 0.15) is 10.9 Å². The molecule has 0 aliphatic rings. The van der Waals surface area contributed by atoms with E-state index in [9.17, 15) is 13.2 Å². The fraction of sp³-hybridized carbons (Fsp3) is 0.462. The highest BCUT2D eigenvalue weighted by atomic mass is 32.2. The van der Waals surface area contributed by atoms with Gasteiger partial charge in [0, 0.05) is 6.54 Å². The molecular weight excluding hydrogens is 280 g/mol. The maximum absolute atomic E-state index is 12.1. The van der Waals surface area contributed by atoms with Gasteiger partial charge in [0.05, 0.1) is 12.8 Å². The number of esters is 1. The number of anilines is 1. The Hall–Kier alpha value is -1.60. The molecule has 0 heterocycles. The molecular formula is C13H20N2O4S.